The zero-order valence-corrected chi connectivity index (χ0v) is 10.6. The average Bonchev–Trinajstić information content (AvgIpc) is 2.65. The van der Waals surface area contributed by atoms with Crippen molar-refractivity contribution in [1.29, 1.82) is 0 Å². The first-order valence-corrected chi connectivity index (χ1v) is 6.25. The van der Waals surface area contributed by atoms with Crippen LogP contribution in [0.25, 0.3) is 0 Å². The monoisotopic (exact) mass is 270 g/mol. The van der Waals surface area contributed by atoms with Crippen LogP contribution < -0.4 is 0 Å². The Bertz CT molecular complexity index is 519. The molecule has 16 heavy (non-hydrogen) atoms. The van der Waals surface area contributed by atoms with Crippen LogP contribution in [-0.4, -0.2) is 5.78 Å². The number of benzene rings is 1. The predicted octanol–water partition coefficient (Wildman–Crippen LogP) is 4.48. The largest absolute Gasteiger partial charge is 0.293 e. The van der Waals surface area contributed by atoms with E-state index in [4.69, 9.17) is 23.2 Å². The number of ketones is 1. The van der Waals surface area contributed by atoms with Crippen molar-refractivity contribution >= 4 is 40.3 Å². The lowest BCUT2D eigenvalue weighted by atomic mass is 10.1. The number of carbonyl (C=O) groups is 1. The van der Waals surface area contributed by atoms with Gasteiger partial charge in [-0.25, -0.2) is 0 Å². The second-order valence-corrected chi connectivity index (χ2v) is 5.49. The first-order chi connectivity index (χ1) is 7.65. The van der Waals surface area contributed by atoms with Crippen molar-refractivity contribution in [2.24, 2.45) is 0 Å². The summed E-state index contributed by atoms with van der Waals surface area (Å²) in [6, 6.07) is 10.8. The summed E-state index contributed by atoms with van der Waals surface area (Å²) < 4.78 is 0.634. The van der Waals surface area contributed by atoms with Crippen molar-refractivity contribution in [3.8, 4) is 0 Å². The van der Waals surface area contributed by atoms with Gasteiger partial charge in [0.05, 0.1) is 9.21 Å². The maximum Gasteiger partial charge on any atom is 0.177 e. The summed E-state index contributed by atoms with van der Waals surface area (Å²) in [7, 11) is 0. The normalized spacial score (nSPS) is 10.4. The molecule has 0 amide bonds. The number of Topliss-reactive ketones (excluding diaryl/α,β-unsaturated/α-hetero) is 1. The molecule has 0 fully saturated rings. The van der Waals surface area contributed by atoms with Gasteiger partial charge in [-0.3, -0.25) is 4.79 Å². The molecule has 1 nitrogen and oxygen atoms in total. The summed E-state index contributed by atoms with van der Waals surface area (Å²) in [6.45, 7) is 0. The lowest BCUT2D eigenvalue weighted by molar-refractivity contribution is 0.0997. The number of carbonyl (C=O) groups excluding carboxylic acids is 1. The maximum atomic E-state index is 11.8. The van der Waals surface area contributed by atoms with Gasteiger partial charge in [-0.2, -0.15) is 0 Å². The van der Waals surface area contributed by atoms with Crippen molar-refractivity contribution in [3.63, 3.8) is 0 Å². The van der Waals surface area contributed by atoms with E-state index in [0.717, 1.165) is 5.56 Å². The number of thiophene rings is 1. The minimum atomic E-state index is 0.0687. The van der Waals surface area contributed by atoms with Crippen LogP contribution >= 0.6 is 34.5 Å². The number of hydrogen-bond donors (Lipinski definition) is 0. The van der Waals surface area contributed by atoms with Crippen molar-refractivity contribution in [2.75, 3.05) is 0 Å². The number of hydrogen-bond acceptors (Lipinski definition) is 2. The van der Waals surface area contributed by atoms with Crippen LogP contribution in [0.15, 0.2) is 36.4 Å². The zero-order chi connectivity index (χ0) is 11.5. The molecule has 0 radical (unpaired) electrons. The third-order valence-electron chi connectivity index (χ3n) is 2.10. The molecule has 0 aliphatic heterocycles. The summed E-state index contributed by atoms with van der Waals surface area (Å²) in [4.78, 5) is 12.5. The quantitative estimate of drug-likeness (QED) is 0.752. The van der Waals surface area contributed by atoms with Crippen LogP contribution in [0.1, 0.15) is 15.2 Å². The molecule has 82 valence electrons. The fraction of sp³-hybridized carbons (Fsp3) is 0.0833. The van der Waals surface area contributed by atoms with Crippen LogP contribution in [0.5, 0.6) is 0 Å². The Morgan fingerprint density at radius 1 is 1.19 bits per heavy atom. The molecule has 0 atom stereocenters. The molecule has 2 aromatic rings. The summed E-state index contributed by atoms with van der Waals surface area (Å²) in [5.74, 6) is 0.0687. The molecule has 1 aromatic carbocycles. The van der Waals surface area contributed by atoms with Crippen LogP contribution in [-0.2, 0) is 6.42 Å². The van der Waals surface area contributed by atoms with E-state index in [1.807, 2.05) is 12.1 Å². The van der Waals surface area contributed by atoms with Gasteiger partial charge in [0.1, 0.15) is 0 Å². The summed E-state index contributed by atoms with van der Waals surface area (Å²) in [5.41, 5.74) is 0.919. The van der Waals surface area contributed by atoms with Crippen LogP contribution in [0.2, 0.25) is 9.36 Å². The van der Waals surface area contributed by atoms with E-state index >= 15 is 0 Å². The van der Waals surface area contributed by atoms with Crippen molar-refractivity contribution in [1.82, 2.24) is 0 Å². The molecule has 4 heteroatoms. The summed E-state index contributed by atoms with van der Waals surface area (Å²) in [5, 5.41) is 0.648. The van der Waals surface area contributed by atoms with Gasteiger partial charge >= 0.3 is 0 Å². The first kappa shape index (κ1) is 11.6. The Morgan fingerprint density at radius 3 is 2.62 bits per heavy atom. The van der Waals surface area contributed by atoms with Crippen LogP contribution in [0, 0.1) is 0 Å². The Morgan fingerprint density at radius 2 is 2.00 bits per heavy atom. The molecule has 2 rings (SSSR count). The molecule has 0 saturated heterocycles. The fourth-order valence-corrected chi connectivity index (χ4v) is 2.58. The van der Waals surface area contributed by atoms with E-state index in [2.05, 4.69) is 0 Å². The van der Waals surface area contributed by atoms with Gasteiger partial charge in [0.2, 0.25) is 0 Å². The number of halogens is 2. The third kappa shape index (κ3) is 2.85. The SMILES string of the molecule is O=C(Cc1cccc(Cl)c1)c1ccc(Cl)s1. The highest BCUT2D eigenvalue weighted by atomic mass is 35.5. The Hall–Kier alpha value is -0.830. The summed E-state index contributed by atoms with van der Waals surface area (Å²) in [6.07, 6.45) is 0.359. The van der Waals surface area contributed by atoms with Crippen molar-refractivity contribution < 1.29 is 4.79 Å². The lowest BCUT2D eigenvalue weighted by Gasteiger charge is -1.99. The van der Waals surface area contributed by atoms with Gasteiger partial charge in [-0.1, -0.05) is 35.3 Å². The van der Waals surface area contributed by atoms with E-state index in [-0.39, 0.29) is 5.78 Å². The van der Waals surface area contributed by atoms with Crippen LogP contribution in [0.4, 0.5) is 0 Å². The fourth-order valence-electron chi connectivity index (χ4n) is 1.38. The Labute approximate surface area is 108 Å². The maximum absolute atomic E-state index is 11.8. The van der Waals surface area contributed by atoms with E-state index in [0.29, 0.717) is 20.7 Å². The van der Waals surface area contributed by atoms with E-state index in [1.54, 1.807) is 24.3 Å². The molecule has 1 aromatic heterocycles. The second-order valence-electron chi connectivity index (χ2n) is 3.33. The Balaban J connectivity index is 2.13. The van der Waals surface area contributed by atoms with Gasteiger partial charge in [-0.15, -0.1) is 11.3 Å². The average molecular weight is 271 g/mol. The molecular formula is C12H8Cl2OS. The third-order valence-corrected chi connectivity index (χ3v) is 3.61. The predicted molar refractivity (Wildman–Crippen MR) is 68.8 cm³/mol. The molecule has 0 unspecified atom stereocenters. The molecule has 0 bridgehead atoms. The minimum Gasteiger partial charge on any atom is -0.293 e. The second kappa shape index (κ2) is 5.00. The molecule has 1 heterocycles. The van der Waals surface area contributed by atoms with E-state index in [1.165, 1.54) is 11.3 Å². The van der Waals surface area contributed by atoms with Crippen LogP contribution in [0.3, 0.4) is 0 Å². The standard InChI is InChI=1S/C12H8Cl2OS/c13-9-3-1-2-8(6-9)7-10(15)11-4-5-12(14)16-11/h1-6H,7H2. The van der Waals surface area contributed by atoms with Crippen molar-refractivity contribution in [3.05, 3.63) is 56.2 Å². The highest BCUT2D eigenvalue weighted by Crippen LogP contribution is 2.23. The molecule has 0 N–H and O–H groups in total. The van der Waals surface area contributed by atoms with E-state index < -0.39 is 0 Å². The van der Waals surface area contributed by atoms with Gasteiger partial charge in [0, 0.05) is 11.4 Å². The smallest absolute Gasteiger partial charge is 0.177 e. The summed E-state index contributed by atoms with van der Waals surface area (Å²) >= 11 is 12.9. The Kier molecular flexibility index (Phi) is 3.64. The molecular weight excluding hydrogens is 263 g/mol. The van der Waals surface area contributed by atoms with E-state index in [9.17, 15) is 4.79 Å². The lowest BCUT2D eigenvalue weighted by Crippen LogP contribution is -2.00. The van der Waals surface area contributed by atoms with Gasteiger partial charge in [-0.05, 0) is 29.8 Å². The van der Waals surface area contributed by atoms with Gasteiger partial charge in [0.15, 0.2) is 5.78 Å². The minimum absolute atomic E-state index is 0.0687. The zero-order valence-electron chi connectivity index (χ0n) is 8.24. The molecule has 0 saturated carbocycles. The molecule has 0 aliphatic rings. The topological polar surface area (TPSA) is 17.1 Å². The number of rotatable bonds is 3. The molecule has 0 spiro atoms. The first-order valence-electron chi connectivity index (χ1n) is 4.68. The van der Waals surface area contributed by atoms with Gasteiger partial charge in [0.25, 0.3) is 0 Å². The highest BCUT2D eigenvalue weighted by molar-refractivity contribution is 7.18. The van der Waals surface area contributed by atoms with Gasteiger partial charge < -0.3 is 0 Å². The highest BCUT2D eigenvalue weighted by Gasteiger charge is 2.09. The molecule has 0 aliphatic carbocycles. The van der Waals surface area contributed by atoms with Crippen molar-refractivity contribution in [2.45, 2.75) is 6.42 Å².